The second-order valence-electron chi connectivity index (χ2n) is 3.71. The molecular formula is C11H15N3O2S. The largest absolute Gasteiger partial charge is 0.464 e. The number of hydrogen-bond donors (Lipinski definition) is 0. The third-order valence-electron chi connectivity index (χ3n) is 2.56. The van der Waals surface area contributed by atoms with Gasteiger partial charge in [0.15, 0.2) is 5.69 Å². The third kappa shape index (κ3) is 3.09. The molecule has 0 unspecified atom stereocenters. The molecule has 1 aromatic heterocycles. The van der Waals surface area contributed by atoms with E-state index in [1.807, 2.05) is 11.8 Å². The molecule has 0 aromatic carbocycles. The summed E-state index contributed by atoms with van der Waals surface area (Å²) in [6.45, 7) is 1.91. The summed E-state index contributed by atoms with van der Waals surface area (Å²) >= 11 is 1.95. The van der Waals surface area contributed by atoms with Gasteiger partial charge in [0.05, 0.1) is 19.5 Å². The van der Waals surface area contributed by atoms with Crippen LogP contribution in [0.15, 0.2) is 12.4 Å². The van der Waals surface area contributed by atoms with Gasteiger partial charge in [0.25, 0.3) is 0 Å². The lowest BCUT2D eigenvalue weighted by molar-refractivity contribution is 0.0593. The molecule has 1 aliphatic rings. The molecule has 1 aliphatic heterocycles. The fraction of sp³-hybridized carbons (Fsp3) is 0.545. The standard InChI is InChI=1S/C11H15N3O2S/c1-16-11(15)9-7-12-8-10(13-9)14-3-2-5-17-6-4-14/h7-8H,2-6H2,1H3. The number of ether oxygens (including phenoxy) is 1. The van der Waals surface area contributed by atoms with Crippen molar-refractivity contribution in [1.82, 2.24) is 9.97 Å². The number of anilines is 1. The van der Waals surface area contributed by atoms with Gasteiger partial charge in [-0.1, -0.05) is 0 Å². The van der Waals surface area contributed by atoms with Crippen LogP contribution in [0.2, 0.25) is 0 Å². The molecule has 92 valence electrons. The van der Waals surface area contributed by atoms with E-state index in [0.29, 0.717) is 0 Å². The van der Waals surface area contributed by atoms with E-state index >= 15 is 0 Å². The second kappa shape index (κ2) is 5.86. The van der Waals surface area contributed by atoms with Crippen molar-refractivity contribution in [3.05, 3.63) is 18.1 Å². The predicted octanol–water partition coefficient (Wildman–Crippen LogP) is 1.21. The zero-order valence-corrected chi connectivity index (χ0v) is 10.6. The lowest BCUT2D eigenvalue weighted by Crippen LogP contribution is -2.27. The molecule has 0 bridgehead atoms. The average molecular weight is 253 g/mol. The van der Waals surface area contributed by atoms with Crippen molar-refractivity contribution in [2.24, 2.45) is 0 Å². The minimum atomic E-state index is -0.441. The fourth-order valence-corrected chi connectivity index (χ4v) is 2.57. The molecular weight excluding hydrogens is 238 g/mol. The van der Waals surface area contributed by atoms with Gasteiger partial charge in [-0.05, 0) is 12.2 Å². The van der Waals surface area contributed by atoms with Crippen molar-refractivity contribution in [1.29, 1.82) is 0 Å². The number of methoxy groups -OCH3 is 1. The van der Waals surface area contributed by atoms with Gasteiger partial charge in [-0.3, -0.25) is 4.98 Å². The van der Waals surface area contributed by atoms with Gasteiger partial charge < -0.3 is 9.64 Å². The van der Waals surface area contributed by atoms with Crippen LogP contribution in [0, 0.1) is 0 Å². The number of carbonyl (C=O) groups excluding carboxylic acids is 1. The van der Waals surface area contributed by atoms with Gasteiger partial charge in [0.2, 0.25) is 0 Å². The van der Waals surface area contributed by atoms with Crippen LogP contribution >= 0.6 is 11.8 Å². The normalized spacial score (nSPS) is 16.4. The van der Waals surface area contributed by atoms with Crippen molar-refractivity contribution in [3.63, 3.8) is 0 Å². The maximum Gasteiger partial charge on any atom is 0.358 e. The van der Waals surface area contributed by atoms with Crippen LogP contribution in [0.4, 0.5) is 5.82 Å². The molecule has 6 heteroatoms. The summed E-state index contributed by atoms with van der Waals surface area (Å²) in [6, 6.07) is 0. The van der Waals surface area contributed by atoms with Gasteiger partial charge >= 0.3 is 5.97 Å². The Labute approximate surface area is 105 Å². The molecule has 0 spiro atoms. The van der Waals surface area contributed by atoms with Crippen molar-refractivity contribution >= 4 is 23.5 Å². The first-order valence-electron chi connectivity index (χ1n) is 5.54. The molecule has 1 fully saturated rings. The Morgan fingerprint density at radius 2 is 2.29 bits per heavy atom. The van der Waals surface area contributed by atoms with Crippen LogP contribution in [-0.4, -0.2) is 47.6 Å². The topological polar surface area (TPSA) is 55.3 Å². The maximum absolute atomic E-state index is 11.4. The number of hydrogen-bond acceptors (Lipinski definition) is 6. The Kier molecular flexibility index (Phi) is 4.19. The summed E-state index contributed by atoms with van der Waals surface area (Å²) in [5.74, 6) is 2.59. The first-order chi connectivity index (χ1) is 8.31. The average Bonchev–Trinajstić information content (AvgIpc) is 2.67. The molecule has 17 heavy (non-hydrogen) atoms. The predicted molar refractivity (Wildman–Crippen MR) is 67.5 cm³/mol. The van der Waals surface area contributed by atoms with Crippen molar-refractivity contribution in [3.8, 4) is 0 Å². The highest BCUT2D eigenvalue weighted by molar-refractivity contribution is 7.99. The second-order valence-corrected chi connectivity index (χ2v) is 4.93. The SMILES string of the molecule is COC(=O)c1cncc(N2CCCSCC2)n1. The van der Waals surface area contributed by atoms with Gasteiger partial charge in [-0.2, -0.15) is 11.8 Å². The van der Waals surface area contributed by atoms with E-state index in [4.69, 9.17) is 0 Å². The van der Waals surface area contributed by atoms with E-state index in [1.165, 1.54) is 19.1 Å². The summed E-state index contributed by atoms with van der Waals surface area (Å²) in [6.07, 6.45) is 4.26. The highest BCUT2D eigenvalue weighted by Gasteiger charge is 2.14. The van der Waals surface area contributed by atoms with Crippen LogP contribution < -0.4 is 4.90 Å². The molecule has 0 radical (unpaired) electrons. The summed E-state index contributed by atoms with van der Waals surface area (Å²) < 4.78 is 4.64. The fourth-order valence-electron chi connectivity index (χ4n) is 1.69. The molecule has 2 rings (SSSR count). The van der Waals surface area contributed by atoms with Gasteiger partial charge in [-0.25, -0.2) is 9.78 Å². The minimum absolute atomic E-state index is 0.266. The molecule has 0 saturated carbocycles. The van der Waals surface area contributed by atoms with Gasteiger partial charge in [0, 0.05) is 18.8 Å². The Balaban J connectivity index is 2.16. The van der Waals surface area contributed by atoms with Crippen LogP contribution in [-0.2, 0) is 4.74 Å². The van der Waals surface area contributed by atoms with Crippen molar-refractivity contribution in [2.75, 3.05) is 36.6 Å². The van der Waals surface area contributed by atoms with Crippen LogP contribution in [0.5, 0.6) is 0 Å². The van der Waals surface area contributed by atoms with E-state index in [2.05, 4.69) is 19.6 Å². The monoisotopic (exact) mass is 253 g/mol. The number of aromatic nitrogens is 2. The number of esters is 1. The van der Waals surface area contributed by atoms with Crippen LogP contribution in [0.1, 0.15) is 16.9 Å². The first kappa shape index (κ1) is 12.2. The van der Waals surface area contributed by atoms with Gasteiger partial charge in [-0.15, -0.1) is 0 Å². The van der Waals surface area contributed by atoms with E-state index in [9.17, 15) is 4.79 Å². The lowest BCUT2D eigenvalue weighted by Gasteiger charge is -2.20. The molecule has 5 nitrogen and oxygen atoms in total. The van der Waals surface area contributed by atoms with E-state index in [-0.39, 0.29) is 5.69 Å². The van der Waals surface area contributed by atoms with Crippen molar-refractivity contribution < 1.29 is 9.53 Å². The Morgan fingerprint density at radius 1 is 1.41 bits per heavy atom. The molecule has 0 N–H and O–H groups in total. The number of nitrogens with zero attached hydrogens (tertiary/aromatic N) is 3. The lowest BCUT2D eigenvalue weighted by atomic mass is 10.4. The number of thioether (sulfide) groups is 1. The summed E-state index contributed by atoms with van der Waals surface area (Å²) in [5.41, 5.74) is 0.266. The zero-order chi connectivity index (χ0) is 12.1. The molecule has 0 amide bonds. The highest BCUT2D eigenvalue weighted by Crippen LogP contribution is 2.16. The summed E-state index contributed by atoms with van der Waals surface area (Å²) in [5, 5.41) is 0. The maximum atomic E-state index is 11.4. The number of rotatable bonds is 2. The molecule has 1 saturated heterocycles. The Hall–Kier alpha value is -1.30. The Bertz CT molecular complexity index is 392. The molecule has 1 aromatic rings. The van der Waals surface area contributed by atoms with Crippen LogP contribution in [0.3, 0.4) is 0 Å². The highest BCUT2D eigenvalue weighted by atomic mass is 32.2. The molecule has 2 heterocycles. The zero-order valence-electron chi connectivity index (χ0n) is 9.76. The third-order valence-corrected chi connectivity index (χ3v) is 3.61. The van der Waals surface area contributed by atoms with E-state index < -0.39 is 5.97 Å². The summed E-state index contributed by atoms with van der Waals surface area (Å²) in [7, 11) is 1.35. The molecule has 0 atom stereocenters. The van der Waals surface area contributed by atoms with Crippen LogP contribution in [0.25, 0.3) is 0 Å². The minimum Gasteiger partial charge on any atom is -0.464 e. The van der Waals surface area contributed by atoms with Gasteiger partial charge in [0.1, 0.15) is 5.82 Å². The first-order valence-corrected chi connectivity index (χ1v) is 6.70. The van der Waals surface area contributed by atoms with E-state index in [0.717, 1.165) is 31.1 Å². The summed E-state index contributed by atoms with van der Waals surface area (Å²) in [4.78, 5) is 21.9. The smallest absolute Gasteiger partial charge is 0.358 e. The molecule has 0 aliphatic carbocycles. The number of carbonyl (C=O) groups is 1. The quantitative estimate of drug-likeness (QED) is 0.738. The van der Waals surface area contributed by atoms with Crippen molar-refractivity contribution in [2.45, 2.75) is 6.42 Å². The van der Waals surface area contributed by atoms with E-state index in [1.54, 1.807) is 6.20 Å². The Morgan fingerprint density at radius 3 is 3.12 bits per heavy atom.